The SMILES string of the molecule is CC12CCCCC1(C)N(c1ccccc1)c1ccc(-c3cccc(-c4ccc5c(c4)C4(c6cc(-c7cccc(-c8ccc9c(c8)C8(C)CCCCC8(C)N9c8ccccc8)n7)ccc6-5)c5ccccc5-c5c4cc4ccc6cccc7ccc5c4c67)n3)cc12. The van der Waals surface area contributed by atoms with E-state index >= 15 is 0 Å². The van der Waals surface area contributed by atoms with Gasteiger partial charge in [-0.3, -0.25) is 0 Å². The smallest absolute Gasteiger partial charge is 0.0726 e. The zero-order valence-corrected chi connectivity index (χ0v) is 51.0. The Morgan fingerprint density at radius 3 is 1.28 bits per heavy atom. The van der Waals surface area contributed by atoms with E-state index in [1.54, 1.807) is 0 Å². The highest BCUT2D eigenvalue weighted by Crippen LogP contribution is 2.67. The lowest BCUT2D eigenvalue weighted by molar-refractivity contribution is 0.195. The summed E-state index contributed by atoms with van der Waals surface area (Å²) in [5.74, 6) is 0. The number of aromatic nitrogens is 2. The van der Waals surface area contributed by atoms with Crippen LogP contribution in [0, 0.1) is 0 Å². The standard InChI is InChI=1S/C85H68N4/c1-81-44-13-15-46-83(81,3)88(60-22-7-5-8-23-60)76-42-37-57(50-69(76)81)74-30-18-28-72(86-74)55-35-39-62-63-40-36-56(73-29-19-31-75(87-73)58-38-43-77-70(51-58)82(2)45-14-16-47-84(82,4)89(77)61-24-9-6-10-25-61)49-68(63)85(67(62)48-55)66-27-12-11-26-64(66)80-65-41-34-54-21-17-20-53-32-33-59(52-71(80)85)79(65)78(53)54/h5-12,17-43,48-52H,13-16,44-47H2,1-4H3. The van der Waals surface area contributed by atoms with Gasteiger partial charge in [-0.05, 0) is 218 Å². The predicted molar refractivity (Wildman–Crippen MR) is 369 cm³/mol. The number of pyridine rings is 2. The lowest BCUT2D eigenvalue weighted by Crippen LogP contribution is -2.54. The molecule has 2 saturated carbocycles. The molecular formula is C85H68N4. The summed E-state index contributed by atoms with van der Waals surface area (Å²) in [6, 6.07) is 92.4. The number of benzene rings is 11. The summed E-state index contributed by atoms with van der Waals surface area (Å²) >= 11 is 0. The van der Waals surface area contributed by atoms with Crippen LogP contribution in [0.1, 0.15) is 112 Å². The maximum absolute atomic E-state index is 5.66. The number of hydrogen-bond acceptors (Lipinski definition) is 4. The third kappa shape index (κ3) is 6.69. The molecule has 4 unspecified atom stereocenters. The average Bonchev–Trinajstić information content (AvgIpc) is 1.52. The molecule has 0 bridgehead atoms. The van der Waals surface area contributed by atoms with Crippen molar-refractivity contribution in [1.29, 1.82) is 0 Å². The van der Waals surface area contributed by atoms with Crippen molar-refractivity contribution in [2.75, 3.05) is 9.80 Å². The molecule has 6 aliphatic rings. The summed E-state index contributed by atoms with van der Waals surface area (Å²) < 4.78 is 0. The van der Waals surface area contributed by atoms with Crippen LogP contribution in [0.4, 0.5) is 22.7 Å². The average molecular weight is 1150 g/mol. The van der Waals surface area contributed by atoms with E-state index in [1.807, 2.05) is 0 Å². The third-order valence-corrected chi connectivity index (χ3v) is 23.7. The lowest BCUT2D eigenvalue weighted by atomic mass is 9.61. The van der Waals surface area contributed by atoms with Crippen LogP contribution in [0.3, 0.4) is 0 Å². The quantitative estimate of drug-likeness (QED) is 0.155. The molecule has 0 radical (unpaired) electrons. The Kier molecular flexibility index (Phi) is 10.5. The highest BCUT2D eigenvalue weighted by Gasteiger charge is 2.59. The van der Waals surface area contributed by atoms with Gasteiger partial charge in [-0.1, -0.05) is 191 Å². The van der Waals surface area contributed by atoms with Crippen molar-refractivity contribution in [3.63, 3.8) is 0 Å². The van der Waals surface area contributed by atoms with Crippen molar-refractivity contribution in [2.24, 2.45) is 0 Å². The molecule has 1 spiro atoms. The molecule has 0 saturated heterocycles. The number of rotatable bonds is 6. The van der Waals surface area contributed by atoms with Gasteiger partial charge in [0.1, 0.15) is 0 Å². The molecule has 4 heterocycles. The van der Waals surface area contributed by atoms with Gasteiger partial charge in [0.2, 0.25) is 0 Å². The molecule has 4 aliphatic carbocycles. The van der Waals surface area contributed by atoms with Gasteiger partial charge >= 0.3 is 0 Å². The molecule has 428 valence electrons. The van der Waals surface area contributed by atoms with E-state index in [9.17, 15) is 0 Å². The molecular weight excluding hydrogens is 1080 g/mol. The van der Waals surface area contributed by atoms with Crippen molar-refractivity contribution in [3.8, 4) is 67.3 Å². The largest absolute Gasteiger partial charge is 0.334 e. The van der Waals surface area contributed by atoms with E-state index in [0.29, 0.717) is 0 Å². The minimum absolute atomic E-state index is 0.000982. The van der Waals surface area contributed by atoms with Crippen LogP contribution in [0.2, 0.25) is 0 Å². The fourth-order valence-corrected chi connectivity index (χ4v) is 19.1. The zero-order valence-electron chi connectivity index (χ0n) is 51.0. The maximum Gasteiger partial charge on any atom is 0.0726 e. The zero-order chi connectivity index (χ0) is 59.2. The fourth-order valence-electron chi connectivity index (χ4n) is 19.1. The number of hydrogen-bond donors (Lipinski definition) is 0. The maximum atomic E-state index is 5.66. The van der Waals surface area contributed by atoms with Crippen molar-refractivity contribution < 1.29 is 0 Å². The first-order valence-corrected chi connectivity index (χ1v) is 32.6. The second kappa shape index (κ2) is 18.2. The Labute approximate surface area is 521 Å². The Bertz CT molecular complexity index is 4900. The van der Waals surface area contributed by atoms with Gasteiger partial charge in [-0.2, -0.15) is 0 Å². The van der Waals surface area contributed by atoms with Crippen molar-refractivity contribution in [2.45, 2.75) is 106 Å². The molecule has 0 N–H and O–H groups in total. The van der Waals surface area contributed by atoms with Crippen LogP contribution in [0.15, 0.2) is 243 Å². The highest BCUT2D eigenvalue weighted by atomic mass is 15.3. The van der Waals surface area contributed by atoms with Gasteiger partial charge in [0, 0.05) is 55.8 Å². The van der Waals surface area contributed by atoms with Crippen LogP contribution in [-0.4, -0.2) is 21.0 Å². The molecule has 2 aliphatic heterocycles. The fraction of sp³-hybridized carbons (Fsp3) is 0.200. The van der Waals surface area contributed by atoms with Gasteiger partial charge in [0.15, 0.2) is 0 Å². The van der Waals surface area contributed by atoms with E-state index in [4.69, 9.17) is 9.97 Å². The van der Waals surface area contributed by atoms with Crippen molar-refractivity contribution in [1.82, 2.24) is 9.97 Å². The van der Waals surface area contributed by atoms with Crippen LogP contribution in [0.5, 0.6) is 0 Å². The molecule has 4 nitrogen and oxygen atoms in total. The van der Waals surface area contributed by atoms with Gasteiger partial charge < -0.3 is 9.80 Å². The normalized spacial score (nSPS) is 23.3. The van der Waals surface area contributed by atoms with Crippen LogP contribution < -0.4 is 9.80 Å². The summed E-state index contributed by atoms with van der Waals surface area (Å²) in [6.45, 7) is 10.1. The first-order valence-electron chi connectivity index (χ1n) is 32.6. The van der Waals surface area contributed by atoms with Crippen LogP contribution in [0.25, 0.3) is 99.6 Å². The second-order valence-electron chi connectivity index (χ2n) is 27.7. The van der Waals surface area contributed by atoms with Gasteiger partial charge in [0.25, 0.3) is 0 Å². The molecule has 0 amide bonds. The number of nitrogens with zero attached hydrogens (tertiary/aromatic N) is 4. The molecule has 11 aromatic carbocycles. The van der Waals surface area contributed by atoms with E-state index in [0.717, 1.165) is 46.7 Å². The molecule has 89 heavy (non-hydrogen) atoms. The molecule has 2 aromatic heterocycles. The number of para-hydroxylation sites is 2. The first-order chi connectivity index (χ1) is 43.6. The summed E-state index contributed by atoms with van der Waals surface area (Å²) in [5, 5.41) is 7.83. The first kappa shape index (κ1) is 51.4. The van der Waals surface area contributed by atoms with E-state index in [2.05, 4.69) is 280 Å². The van der Waals surface area contributed by atoms with Gasteiger partial charge in [-0.25, -0.2) is 9.97 Å². The highest BCUT2D eigenvalue weighted by molar-refractivity contribution is 6.27. The van der Waals surface area contributed by atoms with Crippen LogP contribution in [-0.2, 0) is 16.2 Å². The van der Waals surface area contributed by atoms with Gasteiger partial charge in [-0.15, -0.1) is 0 Å². The number of anilines is 4. The Hall–Kier alpha value is -9.64. The van der Waals surface area contributed by atoms with E-state index in [1.165, 1.54) is 160 Å². The predicted octanol–water partition coefficient (Wildman–Crippen LogP) is 21.9. The van der Waals surface area contributed by atoms with E-state index < -0.39 is 5.41 Å². The molecule has 13 aromatic rings. The van der Waals surface area contributed by atoms with Crippen molar-refractivity contribution in [3.05, 3.63) is 276 Å². The molecule has 2 fully saturated rings. The van der Waals surface area contributed by atoms with Crippen LogP contribution >= 0.6 is 0 Å². The minimum atomic E-state index is -0.651. The second-order valence-corrected chi connectivity index (χ2v) is 27.7. The molecule has 4 heteroatoms. The Balaban J connectivity index is 0.774. The molecule has 4 atom stereocenters. The minimum Gasteiger partial charge on any atom is -0.334 e. The summed E-state index contributed by atoms with van der Waals surface area (Å²) in [7, 11) is 0. The number of fused-ring (bicyclic) bond motifs is 17. The summed E-state index contributed by atoms with van der Waals surface area (Å²) in [6.07, 6.45) is 9.64. The van der Waals surface area contributed by atoms with Gasteiger partial charge in [0.05, 0.1) is 39.3 Å². The lowest BCUT2D eigenvalue weighted by Gasteiger charge is -2.50. The molecule has 19 rings (SSSR count). The summed E-state index contributed by atoms with van der Waals surface area (Å²) in [4.78, 5) is 16.6. The Morgan fingerprint density at radius 2 is 0.753 bits per heavy atom. The summed E-state index contributed by atoms with van der Waals surface area (Å²) in [5.41, 5.74) is 26.3. The Morgan fingerprint density at radius 1 is 0.315 bits per heavy atom. The van der Waals surface area contributed by atoms with Crippen molar-refractivity contribution >= 4 is 55.1 Å². The monoisotopic (exact) mass is 1140 g/mol. The topological polar surface area (TPSA) is 32.3 Å². The van der Waals surface area contributed by atoms with E-state index in [-0.39, 0.29) is 21.9 Å². The third-order valence-electron chi connectivity index (χ3n) is 23.7.